The topological polar surface area (TPSA) is 57.8 Å². The van der Waals surface area contributed by atoms with Crippen molar-refractivity contribution in [2.75, 3.05) is 6.54 Å². The molecule has 0 radical (unpaired) electrons. The van der Waals surface area contributed by atoms with Crippen LogP contribution in [0.3, 0.4) is 0 Å². The van der Waals surface area contributed by atoms with Gasteiger partial charge in [0, 0.05) is 19.9 Å². The molecule has 4 nitrogen and oxygen atoms in total. The van der Waals surface area contributed by atoms with Crippen molar-refractivity contribution in [3.8, 4) is 0 Å². The third kappa shape index (κ3) is 3.79. The van der Waals surface area contributed by atoms with Gasteiger partial charge in [-0.3, -0.25) is 4.79 Å². The predicted octanol–water partition coefficient (Wildman–Crippen LogP) is 1.30. The summed E-state index contributed by atoms with van der Waals surface area (Å²) in [5, 5.41) is 2.74. The fourth-order valence-corrected chi connectivity index (χ4v) is 2.56. The first-order chi connectivity index (χ1) is 6.09. The number of carbonyl (C=O) groups excluding carboxylic acids is 1. The van der Waals surface area contributed by atoms with E-state index in [1.807, 2.05) is 0 Å². The summed E-state index contributed by atoms with van der Waals surface area (Å²) in [6.45, 7) is 2.17. The molecule has 13 heavy (non-hydrogen) atoms. The maximum atomic E-state index is 10.6. The van der Waals surface area contributed by atoms with E-state index in [1.54, 1.807) is 0 Å². The first kappa shape index (κ1) is 11.2. The van der Waals surface area contributed by atoms with Crippen molar-refractivity contribution in [3.05, 3.63) is 13.2 Å². The standard InChI is InChI=1S/C7H9I2N3O/c1-4(13)10-3-2-5-6(8)12-7(9)11-5/h2-3H2,1H3,(H,10,13)(H,11,12). The Balaban J connectivity index is 2.45. The van der Waals surface area contributed by atoms with E-state index in [9.17, 15) is 4.79 Å². The number of nitrogens with one attached hydrogen (secondary N) is 2. The lowest BCUT2D eigenvalue weighted by atomic mass is 10.3. The van der Waals surface area contributed by atoms with E-state index in [0.717, 1.165) is 19.6 Å². The normalized spacial score (nSPS) is 10.1. The Labute approximate surface area is 104 Å². The van der Waals surface area contributed by atoms with Gasteiger partial charge in [-0.25, -0.2) is 4.98 Å². The molecular formula is C7H9I2N3O. The SMILES string of the molecule is CC(=O)NCCc1[nH]c(I)nc1I. The molecule has 72 valence electrons. The van der Waals surface area contributed by atoms with Gasteiger partial charge in [-0.2, -0.15) is 0 Å². The van der Waals surface area contributed by atoms with Crippen LogP contribution in [-0.2, 0) is 11.2 Å². The maximum absolute atomic E-state index is 10.6. The molecule has 6 heteroatoms. The molecule has 0 spiro atoms. The van der Waals surface area contributed by atoms with Crippen LogP contribution in [-0.4, -0.2) is 22.4 Å². The van der Waals surface area contributed by atoms with Crippen molar-refractivity contribution in [2.45, 2.75) is 13.3 Å². The summed E-state index contributed by atoms with van der Waals surface area (Å²) in [6.07, 6.45) is 0.799. The minimum absolute atomic E-state index is 0.00391. The molecule has 0 aliphatic rings. The number of halogens is 2. The lowest BCUT2D eigenvalue weighted by Gasteiger charge is -1.99. The maximum Gasteiger partial charge on any atom is 0.216 e. The number of nitrogens with zero attached hydrogens (tertiary/aromatic N) is 1. The molecule has 0 fully saturated rings. The average molecular weight is 405 g/mol. The molecule has 1 amide bonds. The molecule has 0 unspecified atom stereocenters. The molecule has 0 saturated heterocycles. The number of rotatable bonds is 3. The van der Waals surface area contributed by atoms with Crippen molar-refractivity contribution < 1.29 is 4.79 Å². The summed E-state index contributed by atoms with van der Waals surface area (Å²) in [6, 6.07) is 0. The second kappa shape index (κ2) is 5.13. The van der Waals surface area contributed by atoms with E-state index < -0.39 is 0 Å². The second-order valence-electron chi connectivity index (χ2n) is 2.53. The molecule has 0 aliphatic heterocycles. The van der Waals surface area contributed by atoms with Crippen LogP contribution in [0.15, 0.2) is 0 Å². The van der Waals surface area contributed by atoms with E-state index in [1.165, 1.54) is 6.92 Å². The highest BCUT2D eigenvalue weighted by molar-refractivity contribution is 14.1. The molecule has 1 heterocycles. The molecule has 1 aromatic heterocycles. The lowest BCUT2D eigenvalue weighted by Crippen LogP contribution is -2.22. The van der Waals surface area contributed by atoms with Crippen molar-refractivity contribution in [2.24, 2.45) is 0 Å². The molecule has 2 N–H and O–H groups in total. The summed E-state index contributed by atoms with van der Waals surface area (Å²) in [7, 11) is 0. The van der Waals surface area contributed by atoms with Crippen LogP contribution in [0.25, 0.3) is 0 Å². The van der Waals surface area contributed by atoms with Gasteiger partial charge in [-0.05, 0) is 45.2 Å². The zero-order chi connectivity index (χ0) is 9.84. The summed E-state index contributed by atoms with van der Waals surface area (Å²) < 4.78 is 1.87. The van der Waals surface area contributed by atoms with Crippen LogP contribution >= 0.6 is 45.2 Å². The highest BCUT2D eigenvalue weighted by Gasteiger charge is 2.04. The van der Waals surface area contributed by atoms with Gasteiger partial charge in [0.2, 0.25) is 5.91 Å². The smallest absolute Gasteiger partial charge is 0.216 e. The third-order valence-corrected chi connectivity index (χ3v) is 2.85. The Bertz CT molecular complexity index is 311. The number of imidazole rings is 1. The van der Waals surface area contributed by atoms with E-state index in [0.29, 0.717) is 6.54 Å². The zero-order valence-corrected chi connectivity index (χ0v) is 11.3. The molecule has 1 aromatic rings. The van der Waals surface area contributed by atoms with Crippen LogP contribution in [0.2, 0.25) is 0 Å². The molecule has 0 bridgehead atoms. The van der Waals surface area contributed by atoms with E-state index in [-0.39, 0.29) is 5.91 Å². The largest absolute Gasteiger partial charge is 0.356 e. The van der Waals surface area contributed by atoms with Gasteiger partial charge < -0.3 is 10.3 Å². The van der Waals surface area contributed by atoms with Crippen LogP contribution in [0, 0.1) is 7.53 Å². The zero-order valence-electron chi connectivity index (χ0n) is 7.03. The summed E-state index contributed by atoms with van der Waals surface area (Å²) in [5.74, 6) is 0.00391. The number of H-pyrrole nitrogens is 1. The molecular weight excluding hydrogens is 396 g/mol. The summed E-state index contributed by atoms with van der Waals surface area (Å²) >= 11 is 4.31. The first-order valence-corrected chi connectivity index (χ1v) is 5.89. The van der Waals surface area contributed by atoms with Crippen molar-refractivity contribution in [1.29, 1.82) is 0 Å². The highest BCUT2D eigenvalue weighted by atomic mass is 127. The van der Waals surface area contributed by atoms with Gasteiger partial charge in [-0.15, -0.1) is 0 Å². The van der Waals surface area contributed by atoms with E-state index in [2.05, 4.69) is 60.5 Å². The Hall–Kier alpha value is 0.140. The predicted molar refractivity (Wildman–Crippen MR) is 66.4 cm³/mol. The number of hydrogen-bond donors (Lipinski definition) is 2. The van der Waals surface area contributed by atoms with Gasteiger partial charge >= 0.3 is 0 Å². The van der Waals surface area contributed by atoms with Crippen LogP contribution in [0.5, 0.6) is 0 Å². The van der Waals surface area contributed by atoms with Gasteiger partial charge in [-0.1, -0.05) is 0 Å². The Kier molecular flexibility index (Phi) is 4.42. The molecule has 1 rings (SSSR count). The molecule has 0 aliphatic carbocycles. The van der Waals surface area contributed by atoms with Gasteiger partial charge in [0.25, 0.3) is 0 Å². The Morgan fingerprint density at radius 2 is 2.31 bits per heavy atom. The van der Waals surface area contributed by atoms with Crippen LogP contribution < -0.4 is 5.32 Å². The summed E-state index contributed by atoms with van der Waals surface area (Å²) in [5.41, 5.74) is 1.08. The minimum atomic E-state index is 0.00391. The Morgan fingerprint density at radius 3 is 2.77 bits per heavy atom. The number of carbonyl (C=O) groups is 1. The minimum Gasteiger partial charge on any atom is -0.356 e. The molecule has 0 atom stereocenters. The van der Waals surface area contributed by atoms with Gasteiger partial charge in [0.1, 0.15) is 3.70 Å². The van der Waals surface area contributed by atoms with E-state index >= 15 is 0 Å². The number of amides is 1. The molecule has 0 saturated carbocycles. The highest BCUT2D eigenvalue weighted by Crippen LogP contribution is 2.10. The fourth-order valence-electron chi connectivity index (χ4n) is 0.887. The number of aromatic amines is 1. The fraction of sp³-hybridized carbons (Fsp3) is 0.429. The van der Waals surface area contributed by atoms with Crippen molar-refractivity contribution in [3.63, 3.8) is 0 Å². The van der Waals surface area contributed by atoms with Gasteiger partial charge in [0.05, 0.1) is 5.69 Å². The number of hydrogen-bond acceptors (Lipinski definition) is 2. The van der Waals surface area contributed by atoms with E-state index in [4.69, 9.17) is 0 Å². The van der Waals surface area contributed by atoms with Gasteiger partial charge in [0.15, 0.2) is 3.83 Å². The van der Waals surface area contributed by atoms with Crippen molar-refractivity contribution in [1.82, 2.24) is 15.3 Å². The lowest BCUT2D eigenvalue weighted by molar-refractivity contribution is -0.118. The monoisotopic (exact) mass is 405 g/mol. The first-order valence-electron chi connectivity index (χ1n) is 3.74. The third-order valence-electron chi connectivity index (χ3n) is 1.45. The molecule has 0 aromatic carbocycles. The Morgan fingerprint density at radius 1 is 1.62 bits per heavy atom. The van der Waals surface area contributed by atoms with Crippen LogP contribution in [0.1, 0.15) is 12.6 Å². The average Bonchev–Trinajstić information content (AvgIpc) is 2.29. The summed E-state index contributed by atoms with van der Waals surface area (Å²) in [4.78, 5) is 17.9. The second-order valence-corrected chi connectivity index (χ2v) is 4.57. The van der Waals surface area contributed by atoms with Crippen molar-refractivity contribution >= 4 is 51.1 Å². The quantitative estimate of drug-likeness (QED) is 0.746. The number of aromatic nitrogens is 2. The van der Waals surface area contributed by atoms with Crippen LogP contribution in [0.4, 0.5) is 0 Å².